The van der Waals surface area contributed by atoms with Gasteiger partial charge in [0.1, 0.15) is 5.69 Å². The van der Waals surface area contributed by atoms with E-state index in [9.17, 15) is 4.79 Å². The summed E-state index contributed by atoms with van der Waals surface area (Å²) in [6.07, 6.45) is 1.97. The number of aromatic nitrogens is 2. The highest BCUT2D eigenvalue weighted by atomic mass is 16.2. The maximum atomic E-state index is 12.9. The first-order chi connectivity index (χ1) is 10.1. The van der Waals surface area contributed by atoms with Crippen LogP contribution in [0.2, 0.25) is 0 Å². The average Bonchev–Trinajstić information content (AvgIpc) is 2.87. The minimum atomic E-state index is 0.00370. The standard InChI is InChI=1S/C16H20N4O/c1-3-20-15(9-11(2)18-20)16(21)19-8-4-5-12-6-7-13(17)10-14(12)19/h6-7,9-10H,3-5,8,17H2,1-2H3. The summed E-state index contributed by atoms with van der Waals surface area (Å²) in [5.74, 6) is 0.00370. The zero-order valence-corrected chi connectivity index (χ0v) is 12.5. The molecule has 0 saturated carbocycles. The minimum absolute atomic E-state index is 0.00370. The molecular weight excluding hydrogens is 264 g/mol. The highest BCUT2D eigenvalue weighted by Crippen LogP contribution is 2.30. The number of nitrogen functional groups attached to an aromatic ring is 1. The topological polar surface area (TPSA) is 64.2 Å². The van der Waals surface area contributed by atoms with E-state index in [4.69, 9.17) is 5.73 Å². The van der Waals surface area contributed by atoms with Gasteiger partial charge in [-0.25, -0.2) is 0 Å². The highest BCUT2D eigenvalue weighted by molar-refractivity contribution is 6.06. The van der Waals surface area contributed by atoms with Crippen molar-refractivity contribution in [2.45, 2.75) is 33.2 Å². The lowest BCUT2D eigenvalue weighted by Gasteiger charge is -2.29. The summed E-state index contributed by atoms with van der Waals surface area (Å²) in [5, 5.41) is 4.36. The van der Waals surface area contributed by atoms with E-state index >= 15 is 0 Å². The highest BCUT2D eigenvalue weighted by Gasteiger charge is 2.26. The molecule has 2 N–H and O–H groups in total. The number of carbonyl (C=O) groups is 1. The Kier molecular flexibility index (Phi) is 3.41. The molecule has 0 fully saturated rings. The van der Waals surface area contributed by atoms with Crippen molar-refractivity contribution in [1.29, 1.82) is 0 Å². The zero-order valence-electron chi connectivity index (χ0n) is 12.5. The van der Waals surface area contributed by atoms with Crippen molar-refractivity contribution >= 4 is 17.3 Å². The van der Waals surface area contributed by atoms with E-state index in [1.165, 1.54) is 5.56 Å². The molecule has 2 aromatic rings. The van der Waals surface area contributed by atoms with Gasteiger partial charge in [-0.15, -0.1) is 0 Å². The number of hydrogen-bond acceptors (Lipinski definition) is 3. The van der Waals surface area contributed by atoms with Gasteiger partial charge in [-0.05, 0) is 50.5 Å². The van der Waals surface area contributed by atoms with Gasteiger partial charge in [0.2, 0.25) is 0 Å². The van der Waals surface area contributed by atoms with Gasteiger partial charge in [0.05, 0.1) is 5.69 Å². The van der Waals surface area contributed by atoms with Crippen molar-refractivity contribution in [2.24, 2.45) is 0 Å². The van der Waals surface area contributed by atoms with Gasteiger partial charge in [0.15, 0.2) is 0 Å². The molecule has 0 unspecified atom stereocenters. The normalized spacial score (nSPS) is 14.1. The molecule has 3 rings (SSSR count). The molecule has 0 spiro atoms. The van der Waals surface area contributed by atoms with Crippen molar-refractivity contribution in [1.82, 2.24) is 9.78 Å². The van der Waals surface area contributed by atoms with E-state index in [2.05, 4.69) is 5.10 Å². The van der Waals surface area contributed by atoms with Crippen LogP contribution in [0.15, 0.2) is 24.3 Å². The van der Waals surface area contributed by atoms with E-state index < -0.39 is 0 Å². The third-order valence-corrected chi connectivity index (χ3v) is 3.89. The van der Waals surface area contributed by atoms with Crippen molar-refractivity contribution in [3.05, 3.63) is 41.2 Å². The van der Waals surface area contributed by atoms with Gasteiger partial charge < -0.3 is 10.6 Å². The molecule has 0 aliphatic carbocycles. The number of anilines is 2. The van der Waals surface area contributed by atoms with E-state index in [0.29, 0.717) is 17.9 Å². The van der Waals surface area contributed by atoms with Gasteiger partial charge in [-0.2, -0.15) is 5.10 Å². The fraction of sp³-hybridized carbons (Fsp3) is 0.375. The Hall–Kier alpha value is -2.30. The van der Waals surface area contributed by atoms with E-state index in [0.717, 1.165) is 30.8 Å². The number of nitrogens with zero attached hydrogens (tertiary/aromatic N) is 3. The van der Waals surface area contributed by atoms with E-state index in [1.807, 2.05) is 43.0 Å². The molecule has 110 valence electrons. The van der Waals surface area contributed by atoms with Gasteiger partial charge in [-0.1, -0.05) is 6.07 Å². The van der Waals surface area contributed by atoms with Crippen LogP contribution in [-0.4, -0.2) is 22.2 Å². The van der Waals surface area contributed by atoms with Crippen LogP contribution < -0.4 is 10.6 Å². The summed E-state index contributed by atoms with van der Waals surface area (Å²) in [6.45, 7) is 5.31. The maximum Gasteiger partial charge on any atom is 0.276 e. The van der Waals surface area contributed by atoms with E-state index in [-0.39, 0.29) is 5.91 Å². The summed E-state index contributed by atoms with van der Waals surface area (Å²) in [4.78, 5) is 14.7. The Morgan fingerprint density at radius 3 is 2.95 bits per heavy atom. The largest absolute Gasteiger partial charge is 0.399 e. The van der Waals surface area contributed by atoms with Crippen LogP contribution in [0.25, 0.3) is 0 Å². The molecular formula is C16H20N4O. The summed E-state index contributed by atoms with van der Waals surface area (Å²) < 4.78 is 1.76. The van der Waals surface area contributed by atoms with Crippen LogP contribution in [-0.2, 0) is 13.0 Å². The Labute approximate surface area is 124 Å². The number of benzene rings is 1. The number of rotatable bonds is 2. The molecule has 1 amide bonds. The fourth-order valence-electron chi connectivity index (χ4n) is 2.90. The second-order valence-corrected chi connectivity index (χ2v) is 5.44. The van der Waals surface area contributed by atoms with E-state index in [1.54, 1.807) is 4.68 Å². The third-order valence-electron chi connectivity index (χ3n) is 3.89. The number of hydrogen-bond donors (Lipinski definition) is 1. The molecule has 1 aromatic carbocycles. The number of amides is 1. The summed E-state index contributed by atoms with van der Waals surface area (Å²) >= 11 is 0. The molecule has 0 bridgehead atoms. The lowest BCUT2D eigenvalue weighted by molar-refractivity contribution is 0.0975. The first-order valence-corrected chi connectivity index (χ1v) is 7.35. The molecule has 0 saturated heterocycles. The van der Waals surface area contributed by atoms with Crippen LogP contribution >= 0.6 is 0 Å². The molecule has 0 atom stereocenters. The Balaban J connectivity index is 2.02. The summed E-state index contributed by atoms with van der Waals surface area (Å²) in [7, 11) is 0. The maximum absolute atomic E-state index is 12.9. The lowest BCUT2D eigenvalue weighted by Crippen LogP contribution is -2.36. The van der Waals surface area contributed by atoms with Crippen molar-refractivity contribution in [2.75, 3.05) is 17.2 Å². The molecule has 5 nitrogen and oxygen atoms in total. The monoisotopic (exact) mass is 284 g/mol. The molecule has 1 aliphatic heterocycles. The zero-order chi connectivity index (χ0) is 15.0. The van der Waals surface area contributed by atoms with Gasteiger partial charge >= 0.3 is 0 Å². The van der Waals surface area contributed by atoms with Crippen LogP contribution in [0.3, 0.4) is 0 Å². The number of fused-ring (bicyclic) bond motifs is 1. The number of carbonyl (C=O) groups excluding carboxylic acids is 1. The SMILES string of the molecule is CCn1nc(C)cc1C(=O)N1CCCc2ccc(N)cc21. The Morgan fingerprint density at radius 2 is 2.19 bits per heavy atom. The van der Waals surface area contributed by atoms with Crippen molar-refractivity contribution in [3.8, 4) is 0 Å². The van der Waals surface area contributed by atoms with Gasteiger partial charge in [0.25, 0.3) is 5.91 Å². The smallest absolute Gasteiger partial charge is 0.276 e. The van der Waals surface area contributed by atoms with Crippen LogP contribution in [0.4, 0.5) is 11.4 Å². The molecule has 2 heterocycles. The number of aryl methyl sites for hydroxylation is 3. The minimum Gasteiger partial charge on any atom is -0.399 e. The van der Waals surface area contributed by atoms with Crippen LogP contribution in [0.5, 0.6) is 0 Å². The van der Waals surface area contributed by atoms with Crippen LogP contribution in [0.1, 0.15) is 35.1 Å². The van der Waals surface area contributed by atoms with Crippen molar-refractivity contribution < 1.29 is 4.79 Å². The van der Waals surface area contributed by atoms with Gasteiger partial charge in [-0.3, -0.25) is 9.48 Å². The van der Waals surface area contributed by atoms with Gasteiger partial charge in [0, 0.05) is 24.5 Å². The molecule has 5 heteroatoms. The second kappa shape index (κ2) is 5.24. The quantitative estimate of drug-likeness (QED) is 0.861. The molecule has 0 radical (unpaired) electrons. The first kappa shape index (κ1) is 13.7. The fourth-order valence-corrected chi connectivity index (χ4v) is 2.90. The van der Waals surface area contributed by atoms with Crippen LogP contribution in [0, 0.1) is 6.92 Å². The molecule has 21 heavy (non-hydrogen) atoms. The number of nitrogens with two attached hydrogens (primary N) is 1. The average molecular weight is 284 g/mol. The third kappa shape index (κ3) is 2.39. The Bertz CT molecular complexity index is 690. The molecule has 1 aliphatic rings. The summed E-state index contributed by atoms with van der Waals surface area (Å²) in [6, 6.07) is 7.66. The molecule has 1 aromatic heterocycles. The predicted molar refractivity (Wildman–Crippen MR) is 83.5 cm³/mol. The second-order valence-electron chi connectivity index (χ2n) is 5.44. The summed E-state index contributed by atoms with van der Waals surface area (Å²) in [5.41, 5.74) is 10.2. The lowest BCUT2D eigenvalue weighted by atomic mass is 10.0. The predicted octanol–water partition coefficient (Wildman–Crippen LogP) is 2.39. The van der Waals surface area contributed by atoms with Crippen molar-refractivity contribution in [3.63, 3.8) is 0 Å². The first-order valence-electron chi connectivity index (χ1n) is 7.35. The Morgan fingerprint density at radius 1 is 1.38 bits per heavy atom.